The Balaban J connectivity index is 2.44. The van der Waals surface area contributed by atoms with Crippen LogP contribution in [0.5, 0.6) is 0 Å². The van der Waals surface area contributed by atoms with Crippen LogP contribution in [0.15, 0.2) is 24.3 Å². The van der Waals surface area contributed by atoms with Crippen molar-refractivity contribution < 1.29 is 14.7 Å². The summed E-state index contributed by atoms with van der Waals surface area (Å²) in [5.41, 5.74) is 2.22. The maximum atomic E-state index is 11.8. The summed E-state index contributed by atoms with van der Waals surface area (Å²) >= 11 is 0. The number of likely N-dealkylation sites (N-methyl/N-ethyl adjacent to an activating group) is 1. The molecule has 0 radical (unpaired) electrons. The summed E-state index contributed by atoms with van der Waals surface area (Å²) < 4.78 is 0. The van der Waals surface area contributed by atoms with E-state index >= 15 is 0 Å². The van der Waals surface area contributed by atoms with Gasteiger partial charge in [0.05, 0.1) is 6.54 Å². The lowest BCUT2D eigenvalue weighted by Gasteiger charge is -2.18. The molecule has 1 aromatic carbocycles. The van der Waals surface area contributed by atoms with Crippen LogP contribution in [0, 0.1) is 6.92 Å². The number of carbonyl (C=O) groups excluding carboxylic acids is 1. The molecule has 1 amide bonds. The molecule has 0 aliphatic heterocycles. The van der Waals surface area contributed by atoms with Crippen LogP contribution in [0.1, 0.15) is 18.1 Å². The van der Waals surface area contributed by atoms with Crippen LogP contribution in [0.2, 0.25) is 0 Å². The molecule has 0 unspecified atom stereocenters. The number of aliphatic carboxylic acids is 1. The van der Waals surface area contributed by atoms with Gasteiger partial charge in [0.15, 0.2) is 0 Å². The molecule has 1 atom stereocenters. The molecule has 0 aliphatic carbocycles. The van der Waals surface area contributed by atoms with E-state index in [1.165, 1.54) is 12.5 Å². The zero-order valence-corrected chi connectivity index (χ0v) is 11.5. The lowest BCUT2D eigenvalue weighted by molar-refractivity contribution is -0.139. The summed E-state index contributed by atoms with van der Waals surface area (Å²) in [6.45, 7) is 4.06. The maximum Gasteiger partial charge on any atom is 0.320 e. The van der Waals surface area contributed by atoms with Gasteiger partial charge in [-0.1, -0.05) is 29.8 Å². The fourth-order valence-electron chi connectivity index (χ4n) is 1.52. The van der Waals surface area contributed by atoms with Gasteiger partial charge in [-0.25, -0.2) is 0 Å². The van der Waals surface area contributed by atoms with Crippen LogP contribution < -0.4 is 5.32 Å². The number of carboxylic acids is 1. The van der Waals surface area contributed by atoms with Gasteiger partial charge in [-0.15, -0.1) is 0 Å². The van der Waals surface area contributed by atoms with Crippen molar-refractivity contribution >= 4 is 11.9 Å². The number of hydrogen-bond donors (Lipinski definition) is 2. The van der Waals surface area contributed by atoms with Crippen molar-refractivity contribution in [1.29, 1.82) is 0 Å². The van der Waals surface area contributed by atoms with Crippen LogP contribution >= 0.6 is 0 Å². The minimum absolute atomic E-state index is 0.0236. The number of rotatable bonds is 6. The van der Waals surface area contributed by atoms with Crippen LogP contribution in [-0.2, 0) is 16.1 Å². The third-order valence-corrected chi connectivity index (χ3v) is 2.90. The number of amides is 1. The number of benzene rings is 1. The maximum absolute atomic E-state index is 11.8. The first-order valence-corrected chi connectivity index (χ1v) is 6.16. The third-order valence-electron chi connectivity index (χ3n) is 2.90. The Kier molecular flexibility index (Phi) is 5.51. The Morgan fingerprint density at radius 1 is 1.32 bits per heavy atom. The molecule has 0 saturated carbocycles. The topological polar surface area (TPSA) is 69.6 Å². The fraction of sp³-hybridized carbons (Fsp3) is 0.429. The number of carboxylic acid groups (broad SMARTS) is 1. The van der Waals surface area contributed by atoms with Crippen LogP contribution in [0.3, 0.4) is 0 Å². The van der Waals surface area contributed by atoms with Crippen LogP contribution in [-0.4, -0.2) is 41.5 Å². The molecule has 5 nitrogen and oxygen atoms in total. The summed E-state index contributed by atoms with van der Waals surface area (Å²) in [7, 11) is 1.70. The SMILES string of the molecule is Cc1ccc(CN(C)C(=O)CN[C@H](C)C(=O)O)cc1. The van der Waals surface area contributed by atoms with Gasteiger partial charge in [0.2, 0.25) is 5.91 Å². The molecule has 19 heavy (non-hydrogen) atoms. The fourth-order valence-corrected chi connectivity index (χ4v) is 1.52. The standard InChI is InChI=1S/C14H20N2O3/c1-10-4-6-12(7-5-10)9-16(3)13(17)8-15-11(2)14(18)19/h4-7,11,15H,8-9H2,1-3H3,(H,18,19)/t11-/m1/s1. The summed E-state index contributed by atoms with van der Waals surface area (Å²) in [5.74, 6) is -1.09. The van der Waals surface area contributed by atoms with Crippen molar-refractivity contribution in [3.8, 4) is 0 Å². The van der Waals surface area contributed by atoms with Crippen molar-refractivity contribution in [3.05, 3.63) is 35.4 Å². The minimum atomic E-state index is -0.964. The number of nitrogens with zero attached hydrogens (tertiary/aromatic N) is 1. The van der Waals surface area contributed by atoms with Gasteiger partial charge >= 0.3 is 5.97 Å². The van der Waals surface area contributed by atoms with Gasteiger partial charge in [-0.3, -0.25) is 14.9 Å². The first kappa shape index (κ1) is 15.2. The molecule has 0 fully saturated rings. The second-order valence-corrected chi connectivity index (χ2v) is 4.68. The lowest BCUT2D eigenvalue weighted by atomic mass is 10.1. The first-order chi connectivity index (χ1) is 8.90. The predicted octanol–water partition coefficient (Wildman–Crippen LogP) is 1.02. The number of carbonyl (C=O) groups is 2. The highest BCUT2D eigenvalue weighted by Crippen LogP contribution is 2.05. The second-order valence-electron chi connectivity index (χ2n) is 4.68. The van der Waals surface area contributed by atoms with Gasteiger partial charge in [-0.05, 0) is 19.4 Å². The molecule has 0 spiro atoms. The van der Waals surface area contributed by atoms with E-state index < -0.39 is 12.0 Å². The van der Waals surface area contributed by atoms with Gasteiger partial charge in [0, 0.05) is 13.6 Å². The van der Waals surface area contributed by atoms with Crippen molar-refractivity contribution in [2.24, 2.45) is 0 Å². The molecule has 0 aliphatic rings. The largest absolute Gasteiger partial charge is 0.480 e. The zero-order valence-electron chi connectivity index (χ0n) is 11.5. The van der Waals surface area contributed by atoms with Crippen LogP contribution in [0.4, 0.5) is 0 Å². The predicted molar refractivity (Wildman–Crippen MR) is 72.8 cm³/mol. The molecule has 1 rings (SSSR count). The average Bonchev–Trinajstić information content (AvgIpc) is 2.37. The first-order valence-electron chi connectivity index (χ1n) is 6.16. The van der Waals surface area contributed by atoms with Crippen molar-refractivity contribution in [1.82, 2.24) is 10.2 Å². The van der Waals surface area contributed by atoms with E-state index in [0.717, 1.165) is 5.56 Å². The van der Waals surface area contributed by atoms with E-state index in [0.29, 0.717) is 6.54 Å². The Hall–Kier alpha value is -1.88. The number of aryl methyl sites for hydroxylation is 1. The zero-order chi connectivity index (χ0) is 14.4. The van der Waals surface area contributed by atoms with Gasteiger partial charge < -0.3 is 10.0 Å². The molecular formula is C14H20N2O3. The molecule has 1 aromatic rings. The highest BCUT2D eigenvalue weighted by atomic mass is 16.4. The number of nitrogens with one attached hydrogen (secondary N) is 1. The van der Waals surface area contributed by atoms with E-state index in [2.05, 4.69) is 5.32 Å². The summed E-state index contributed by atoms with van der Waals surface area (Å²) in [5, 5.41) is 11.4. The van der Waals surface area contributed by atoms with E-state index in [4.69, 9.17) is 5.11 Å². The van der Waals surface area contributed by atoms with Crippen molar-refractivity contribution in [2.75, 3.05) is 13.6 Å². The second kappa shape index (κ2) is 6.89. The molecule has 2 N–H and O–H groups in total. The molecule has 0 aromatic heterocycles. The van der Waals surface area contributed by atoms with Crippen molar-refractivity contribution in [2.45, 2.75) is 26.4 Å². The highest BCUT2D eigenvalue weighted by Gasteiger charge is 2.14. The quantitative estimate of drug-likeness (QED) is 0.804. The molecule has 5 heteroatoms. The molecular weight excluding hydrogens is 244 g/mol. The highest BCUT2D eigenvalue weighted by molar-refractivity contribution is 5.79. The lowest BCUT2D eigenvalue weighted by Crippen LogP contribution is -2.41. The summed E-state index contributed by atoms with van der Waals surface area (Å²) in [6.07, 6.45) is 0. The Labute approximate surface area is 113 Å². The minimum Gasteiger partial charge on any atom is -0.480 e. The monoisotopic (exact) mass is 264 g/mol. The van der Waals surface area contributed by atoms with Crippen LogP contribution in [0.25, 0.3) is 0 Å². The molecule has 0 bridgehead atoms. The third kappa shape index (κ3) is 5.09. The average molecular weight is 264 g/mol. The molecule has 104 valence electrons. The van der Waals surface area contributed by atoms with E-state index in [1.807, 2.05) is 31.2 Å². The van der Waals surface area contributed by atoms with E-state index in [-0.39, 0.29) is 12.5 Å². The normalized spacial score (nSPS) is 11.9. The van der Waals surface area contributed by atoms with Gasteiger partial charge in [-0.2, -0.15) is 0 Å². The van der Waals surface area contributed by atoms with Gasteiger partial charge in [0.25, 0.3) is 0 Å². The summed E-state index contributed by atoms with van der Waals surface area (Å²) in [6, 6.07) is 7.23. The van der Waals surface area contributed by atoms with Gasteiger partial charge in [0.1, 0.15) is 6.04 Å². The van der Waals surface area contributed by atoms with E-state index in [9.17, 15) is 9.59 Å². The number of hydrogen-bond acceptors (Lipinski definition) is 3. The van der Waals surface area contributed by atoms with E-state index in [1.54, 1.807) is 11.9 Å². The summed E-state index contributed by atoms with van der Waals surface area (Å²) in [4.78, 5) is 24.0. The molecule has 0 heterocycles. The Morgan fingerprint density at radius 2 is 1.89 bits per heavy atom. The Morgan fingerprint density at radius 3 is 2.42 bits per heavy atom. The smallest absolute Gasteiger partial charge is 0.320 e. The van der Waals surface area contributed by atoms with Crippen molar-refractivity contribution in [3.63, 3.8) is 0 Å². The molecule has 0 saturated heterocycles. The Bertz CT molecular complexity index is 443.